The molecule has 0 radical (unpaired) electrons. The zero-order valence-corrected chi connectivity index (χ0v) is 11.3. The Hall–Kier alpha value is -1.35. The molecule has 18 heavy (non-hydrogen) atoms. The first-order chi connectivity index (χ1) is 8.65. The maximum absolute atomic E-state index is 12.6. The first-order valence-electron chi connectivity index (χ1n) is 6.72. The molecule has 3 nitrogen and oxygen atoms in total. The van der Waals surface area contributed by atoms with Gasteiger partial charge in [0.2, 0.25) is 0 Å². The Morgan fingerprint density at radius 3 is 2.89 bits per heavy atom. The van der Waals surface area contributed by atoms with Crippen molar-refractivity contribution in [3.8, 4) is 0 Å². The predicted octanol–water partition coefficient (Wildman–Crippen LogP) is 2.26. The Balaban J connectivity index is 2.27. The molecular weight excluding hydrogens is 224 g/mol. The maximum atomic E-state index is 12.6. The van der Waals surface area contributed by atoms with Crippen LogP contribution in [0, 0.1) is 13.8 Å². The topological polar surface area (TPSA) is 46.3 Å². The molecular formula is C15H22N2O. The van der Waals surface area contributed by atoms with Crippen molar-refractivity contribution in [3.63, 3.8) is 0 Å². The summed E-state index contributed by atoms with van der Waals surface area (Å²) in [6.07, 6.45) is 3.30. The molecule has 0 aromatic heterocycles. The van der Waals surface area contributed by atoms with Gasteiger partial charge in [-0.3, -0.25) is 4.79 Å². The van der Waals surface area contributed by atoms with Crippen molar-refractivity contribution in [2.24, 2.45) is 5.73 Å². The number of piperidine rings is 1. The quantitative estimate of drug-likeness (QED) is 0.870. The van der Waals surface area contributed by atoms with Crippen LogP contribution in [0.5, 0.6) is 0 Å². The molecule has 1 heterocycles. The second-order valence-corrected chi connectivity index (χ2v) is 5.13. The summed E-state index contributed by atoms with van der Waals surface area (Å²) >= 11 is 0. The number of nitrogens with zero attached hydrogens (tertiary/aromatic N) is 1. The average Bonchev–Trinajstić information content (AvgIpc) is 2.41. The van der Waals surface area contributed by atoms with Gasteiger partial charge in [-0.05, 0) is 50.3 Å². The van der Waals surface area contributed by atoms with E-state index in [2.05, 4.69) is 0 Å². The van der Waals surface area contributed by atoms with Crippen LogP contribution in [-0.4, -0.2) is 29.9 Å². The predicted molar refractivity (Wildman–Crippen MR) is 73.6 cm³/mol. The van der Waals surface area contributed by atoms with Crippen LogP contribution in [0.15, 0.2) is 18.2 Å². The van der Waals surface area contributed by atoms with Crippen LogP contribution in [0.1, 0.15) is 40.7 Å². The molecule has 1 fully saturated rings. The van der Waals surface area contributed by atoms with Gasteiger partial charge in [0, 0.05) is 24.7 Å². The normalized spacial score (nSPS) is 19.9. The maximum Gasteiger partial charge on any atom is 0.254 e. The molecule has 1 saturated heterocycles. The van der Waals surface area contributed by atoms with E-state index in [-0.39, 0.29) is 11.9 Å². The van der Waals surface area contributed by atoms with Crippen molar-refractivity contribution in [2.45, 2.75) is 39.2 Å². The third-order valence-corrected chi connectivity index (χ3v) is 4.00. The number of hydrogen-bond donors (Lipinski definition) is 1. The molecule has 1 aliphatic heterocycles. The Labute approximate surface area is 109 Å². The van der Waals surface area contributed by atoms with E-state index in [9.17, 15) is 4.79 Å². The van der Waals surface area contributed by atoms with Crippen LogP contribution in [0.25, 0.3) is 0 Å². The number of carbonyl (C=O) groups excluding carboxylic acids is 1. The Morgan fingerprint density at radius 2 is 2.17 bits per heavy atom. The smallest absolute Gasteiger partial charge is 0.254 e. The van der Waals surface area contributed by atoms with Gasteiger partial charge in [0.1, 0.15) is 0 Å². The monoisotopic (exact) mass is 246 g/mol. The van der Waals surface area contributed by atoms with Crippen molar-refractivity contribution in [1.29, 1.82) is 0 Å². The van der Waals surface area contributed by atoms with Crippen LogP contribution in [0.4, 0.5) is 0 Å². The minimum atomic E-state index is 0.145. The van der Waals surface area contributed by atoms with E-state index in [4.69, 9.17) is 5.73 Å². The summed E-state index contributed by atoms with van der Waals surface area (Å²) in [4.78, 5) is 14.6. The van der Waals surface area contributed by atoms with Gasteiger partial charge < -0.3 is 10.6 Å². The summed E-state index contributed by atoms with van der Waals surface area (Å²) in [6.45, 7) is 5.47. The van der Waals surface area contributed by atoms with Crippen LogP contribution >= 0.6 is 0 Å². The number of benzene rings is 1. The van der Waals surface area contributed by atoms with Crippen LogP contribution in [-0.2, 0) is 0 Å². The number of amides is 1. The SMILES string of the molecule is Cc1cccc(C(=O)N2CCCC[C@@H]2CN)c1C. The van der Waals surface area contributed by atoms with Crippen LogP contribution in [0.3, 0.4) is 0 Å². The molecule has 1 aromatic carbocycles. The van der Waals surface area contributed by atoms with Gasteiger partial charge in [-0.25, -0.2) is 0 Å². The summed E-state index contributed by atoms with van der Waals surface area (Å²) in [7, 11) is 0. The minimum absolute atomic E-state index is 0.145. The highest BCUT2D eigenvalue weighted by molar-refractivity contribution is 5.96. The summed E-state index contributed by atoms with van der Waals surface area (Å²) in [5, 5.41) is 0. The molecule has 3 heteroatoms. The highest BCUT2D eigenvalue weighted by Crippen LogP contribution is 2.21. The third kappa shape index (κ3) is 2.41. The number of hydrogen-bond acceptors (Lipinski definition) is 2. The van der Waals surface area contributed by atoms with E-state index in [0.29, 0.717) is 6.54 Å². The molecule has 1 aromatic rings. The summed E-state index contributed by atoms with van der Waals surface area (Å²) < 4.78 is 0. The fourth-order valence-electron chi connectivity index (χ4n) is 2.65. The van der Waals surface area contributed by atoms with Gasteiger partial charge in [0.15, 0.2) is 0 Å². The Bertz CT molecular complexity index is 442. The lowest BCUT2D eigenvalue weighted by atomic mass is 9.98. The number of aryl methyl sites for hydroxylation is 1. The van der Waals surface area contributed by atoms with E-state index in [1.807, 2.05) is 36.9 Å². The van der Waals surface area contributed by atoms with Gasteiger partial charge >= 0.3 is 0 Å². The molecule has 2 rings (SSSR count). The highest BCUT2D eigenvalue weighted by Gasteiger charge is 2.27. The molecule has 0 spiro atoms. The second kappa shape index (κ2) is 5.53. The van der Waals surface area contributed by atoms with Crippen molar-refractivity contribution in [1.82, 2.24) is 4.90 Å². The van der Waals surface area contributed by atoms with Crippen LogP contribution in [0.2, 0.25) is 0 Å². The van der Waals surface area contributed by atoms with E-state index in [0.717, 1.165) is 30.5 Å². The average molecular weight is 246 g/mol. The lowest BCUT2D eigenvalue weighted by molar-refractivity contribution is 0.0622. The number of nitrogens with two attached hydrogens (primary N) is 1. The lowest BCUT2D eigenvalue weighted by Gasteiger charge is -2.35. The molecule has 98 valence electrons. The molecule has 0 bridgehead atoms. The van der Waals surface area contributed by atoms with Gasteiger partial charge in [0.25, 0.3) is 5.91 Å². The van der Waals surface area contributed by atoms with Gasteiger partial charge in [-0.2, -0.15) is 0 Å². The lowest BCUT2D eigenvalue weighted by Crippen LogP contribution is -2.47. The van der Waals surface area contributed by atoms with Crippen LogP contribution < -0.4 is 5.73 Å². The fraction of sp³-hybridized carbons (Fsp3) is 0.533. The van der Waals surface area contributed by atoms with Gasteiger partial charge in [-0.1, -0.05) is 12.1 Å². The molecule has 0 aliphatic carbocycles. The molecule has 1 amide bonds. The van der Waals surface area contributed by atoms with Crippen molar-refractivity contribution in [3.05, 3.63) is 34.9 Å². The molecule has 0 saturated carbocycles. The zero-order chi connectivity index (χ0) is 13.1. The number of carbonyl (C=O) groups is 1. The van der Waals surface area contributed by atoms with Gasteiger partial charge in [0.05, 0.1) is 0 Å². The Kier molecular flexibility index (Phi) is 4.02. The number of likely N-dealkylation sites (tertiary alicyclic amines) is 1. The summed E-state index contributed by atoms with van der Waals surface area (Å²) in [5.41, 5.74) is 8.87. The first kappa shape index (κ1) is 13.1. The van der Waals surface area contributed by atoms with E-state index in [1.54, 1.807) is 0 Å². The molecule has 1 aliphatic rings. The van der Waals surface area contributed by atoms with Crippen molar-refractivity contribution < 1.29 is 4.79 Å². The van der Waals surface area contributed by atoms with E-state index < -0.39 is 0 Å². The molecule has 2 N–H and O–H groups in total. The number of rotatable bonds is 2. The van der Waals surface area contributed by atoms with Crippen molar-refractivity contribution in [2.75, 3.05) is 13.1 Å². The van der Waals surface area contributed by atoms with E-state index >= 15 is 0 Å². The molecule has 1 atom stereocenters. The van der Waals surface area contributed by atoms with E-state index in [1.165, 1.54) is 12.0 Å². The highest BCUT2D eigenvalue weighted by atomic mass is 16.2. The molecule has 0 unspecified atom stereocenters. The Morgan fingerprint density at radius 1 is 1.39 bits per heavy atom. The summed E-state index contributed by atoms with van der Waals surface area (Å²) in [5.74, 6) is 0.145. The minimum Gasteiger partial charge on any atom is -0.334 e. The first-order valence-corrected chi connectivity index (χ1v) is 6.72. The summed E-state index contributed by atoms with van der Waals surface area (Å²) in [6, 6.07) is 6.14. The van der Waals surface area contributed by atoms with Crippen molar-refractivity contribution >= 4 is 5.91 Å². The second-order valence-electron chi connectivity index (χ2n) is 5.13. The third-order valence-electron chi connectivity index (χ3n) is 4.00. The fourth-order valence-corrected chi connectivity index (χ4v) is 2.65. The zero-order valence-electron chi connectivity index (χ0n) is 11.3. The standard InChI is InChI=1S/C15H22N2O/c1-11-6-5-8-14(12(11)2)15(18)17-9-4-3-7-13(17)10-16/h5-6,8,13H,3-4,7,9-10,16H2,1-2H3/t13-/m1/s1. The van der Waals surface area contributed by atoms with Gasteiger partial charge in [-0.15, -0.1) is 0 Å². The largest absolute Gasteiger partial charge is 0.334 e.